The van der Waals surface area contributed by atoms with Gasteiger partial charge in [0.15, 0.2) is 0 Å². The second-order valence-electron chi connectivity index (χ2n) is 4.96. The third-order valence-electron chi connectivity index (χ3n) is 3.38. The number of hydrogen-bond donors (Lipinski definition) is 2. The van der Waals surface area contributed by atoms with Crippen LogP contribution in [0.5, 0.6) is 0 Å². The first kappa shape index (κ1) is 15.2. The highest BCUT2D eigenvalue weighted by molar-refractivity contribution is 6.30. The fourth-order valence-corrected chi connectivity index (χ4v) is 2.41. The van der Waals surface area contributed by atoms with Gasteiger partial charge in [-0.25, -0.2) is 4.39 Å². The number of rotatable bonds is 4. The number of hydrogen-bond acceptors (Lipinski definition) is 2. The van der Waals surface area contributed by atoms with Gasteiger partial charge >= 0.3 is 0 Å². The van der Waals surface area contributed by atoms with Crippen LogP contribution in [-0.2, 0) is 6.54 Å². The van der Waals surface area contributed by atoms with E-state index >= 15 is 0 Å². The van der Waals surface area contributed by atoms with Crippen LogP contribution in [-0.4, -0.2) is 16.1 Å². The Labute approximate surface area is 137 Å². The predicted molar refractivity (Wildman–Crippen MR) is 86.6 cm³/mol. The minimum Gasteiger partial charge on any atom is -0.348 e. The summed E-state index contributed by atoms with van der Waals surface area (Å²) in [5.41, 5.74) is 2.69. The lowest BCUT2D eigenvalue weighted by atomic mass is 10.1. The molecule has 1 aromatic heterocycles. The van der Waals surface area contributed by atoms with Crippen LogP contribution in [0.2, 0.25) is 5.02 Å². The number of carbonyl (C=O) groups excluding carboxylic acids is 1. The monoisotopic (exact) mass is 329 g/mol. The van der Waals surface area contributed by atoms with E-state index in [1.165, 1.54) is 18.3 Å². The first-order chi connectivity index (χ1) is 11.1. The molecule has 0 unspecified atom stereocenters. The molecule has 0 saturated carbocycles. The van der Waals surface area contributed by atoms with Crippen LogP contribution in [0.4, 0.5) is 4.39 Å². The summed E-state index contributed by atoms with van der Waals surface area (Å²) in [6.07, 6.45) is 1.48. The molecule has 4 nitrogen and oxygen atoms in total. The number of H-pyrrole nitrogens is 1. The van der Waals surface area contributed by atoms with Crippen LogP contribution in [0.25, 0.3) is 11.3 Å². The van der Waals surface area contributed by atoms with Crippen molar-refractivity contribution in [3.05, 3.63) is 76.7 Å². The quantitative estimate of drug-likeness (QED) is 0.765. The van der Waals surface area contributed by atoms with E-state index in [2.05, 4.69) is 15.5 Å². The minimum absolute atomic E-state index is 0.0324. The summed E-state index contributed by atoms with van der Waals surface area (Å²) in [6.45, 7) is 0.248. The van der Waals surface area contributed by atoms with Crippen molar-refractivity contribution in [2.75, 3.05) is 0 Å². The van der Waals surface area contributed by atoms with Crippen LogP contribution >= 0.6 is 11.6 Å². The average Bonchev–Trinajstić information content (AvgIpc) is 3.06. The van der Waals surface area contributed by atoms with E-state index < -0.39 is 5.82 Å². The van der Waals surface area contributed by atoms with Crippen molar-refractivity contribution in [3.8, 4) is 11.3 Å². The zero-order valence-corrected chi connectivity index (χ0v) is 12.8. The van der Waals surface area contributed by atoms with Crippen LogP contribution in [0.1, 0.15) is 15.9 Å². The Balaban J connectivity index is 1.74. The van der Waals surface area contributed by atoms with Crippen molar-refractivity contribution in [3.63, 3.8) is 0 Å². The van der Waals surface area contributed by atoms with E-state index in [0.717, 1.165) is 11.1 Å². The van der Waals surface area contributed by atoms with E-state index in [1.54, 1.807) is 6.07 Å². The van der Waals surface area contributed by atoms with Gasteiger partial charge in [-0.3, -0.25) is 9.89 Å². The number of nitrogens with one attached hydrogen (secondary N) is 2. The minimum atomic E-state index is -0.483. The summed E-state index contributed by atoms with van der Waals surface area (Å²) in [5, 5.41) is 9.59. The van der Waals surface area contributed by atoms with Gasteiger partial charge in [-0.1, -0.05) is 48.0 Å². The Morgan fingerprint density at radius 1 is 1.22 bits per heavy atom. The van der Waals surface area contributed by atoms with Gasteiger partial charge in [0.2, 0.25) is 0 Å². The molecule has 0 radical (unpaired) electrons. The Morgan fingerprint density at radius 3 is 2.74 bits per heavy atom. The molecular weight excluding hydrogens is 317 g/mol. The van der Waals surface area contributed by atoms with E-state index in [4.69, 9.17) is 11.6 Å². The first-order valence-corrected chi connectivity index (χ1v) is 7.34. The summed E-state index contributed by atoms with van der Waals surface area (Å²) in [7, 11) is 0. The fraction of sp³-hybridized carbons (Fsp3) is 0.0588. The summed E-state index contributed by atoms with van der Waals surface area (Å²) in [6, 6.07) is 13.8. The van der Waals surface area contributed by atoms with Crippen LogP contribution in [0.3, 0.4) is 0 Å². The van der Waals surface area contributed by atoms with Crippen molar-refractivity contribution in [1.29, 1.82) is 0 Å². The highest BCUT2D eigenvalue weighted by Crippen LogP contribution is 2.21. The molecule has 3 aromatic rings. The molecule has 0 aliphatic rings. The molecule has 6 heteroatoms. The smallest absolute Gasteiger partial charge is 0.255 e. The van der Waals surface area contributed by atoms with Crippen LogP contribution < -0.4 is 5.32 Å². The van der Waals surface area contributed by atoms with Gasteiger partial charge in [0, 0.05) is 12.1 Å². The molecule has 3 rings (SSSR count). The number of amides is 1. The van der Waals surface area contributed by atoms with E-state index in [-0.39, 0.29) is 17.5 Å². The third kappa shape index (κ3) is 3.40. The van der Waals surface area contributed by atoms with Crippen LogP contribution in [0, 0.1) is 5.82 Å². The number of aromatic nitrogens is 2. The van der Waals surface area contributed by atoms with Gasteiger partial charge in [0.1, 0.15) is 5.82 Å². The molecule has 2 aromatic carbocycles. The molecule has 1 amide bonds. The highest BCUT2D eigenvalue weighted by Gasteiger charge is 2.15. The predicted octanol–water partition coefficient (Wildman–Crippen LogP) is 3.80. The Morgan fingerprint density at radius 2 is 2.00 bits per heavy atom. The van der Waals surface area contributed by atoms with Gasteiger partial charge in [-0.2, -0.15) is 5.10 Å². The summed E-state index contributed by atoms with van der Waals surface area (Å²) < 4.78 is 13.1. The topological polar surface area (TPSA) is 57.8 Å². The van der Waals surface area contributed by atoms with Gasteiger partial charge in [0.05, 0.1) is 22.5 Å². The zero-order chi connectivity index (χ0) is 16.2. The van der Waals surface area contributed by atoms with E-state index in [1.807, 2.05) is 30.3 Å². The summed E-state index contributed by atoms with van der Waals surface area (Å²) >= 11 is 5.73. The van der Waals surface area contributed by atoms with E-state index in [0.29, 0.717) is 11.3 Å². The molecule has 23 heavy (non-hydrogen) atoms. The molecule has 0 saturated heterocycles. The van der Waals surface area contributed by atoms with Crippen molar-refractivity contribution < 1.29 is 9.18 Å². The number of halogens is 2. The highest BCUT2D eigenvalue weighted by atomic mass is 35.5. The van der Waals surface area contributed by atoms with E-state index in [9.17, 15) is 9.18 Å². The first-order valence-electron chi connectivity index (χ1n) is 6.96. The molecule has 0 aliphatic heterocycles. The molecule has 0 fully saturated rings. The summed E-state index contributed by atoms with van der Waals surface area (Å²) in [5.74, 6) is -0.749. The molecule has 2 N–H and O–H groups in total. The van der Waals surface area contributed by atoms with Crippen molar-refractivity contribution >= 4 is 17.5 Å². The lowest BCUT2D eigenvalue weighted by Crippen LogP contribution is -2.23. The van der Waals surface area contributed by atoms with Crippen molar-refractivity contribution in [2.45, 2.75) is 6.54 Å². The van der Waals surface area contributed by atoms with Gasteiger partial charge in [0.25, 0.3) is 5.91 Å². The van der Waals surface area contributed by atoms with Gasteiger partial charge in [-0.15, -0.1) is 0 Å². The summed E-state index contributed by atoms with van der Waals surface area (Å²) in [4.78, 5) is 12.3. The Hall–Kier alpha value is -2.66. The molecule has 0 aliphatic carbocycles. The maximum atomic E-state index is 13.1. The molecule has 0 atom stereocenters. The molecule has 1 heterocycles. The SMILES string of the molecule is O=C(NCc1ccc(F)c(Cl)c1)c1cn[nH]c1-c1ccccc1. The molecular formula is C17H13ClFN3O. The number of carbonyl (C=O) groups is 1. The zero-order valence-electron chi connectivity index (χ0n) is 12.0. The standard InChI is InChI=1S/C17H13ClFN3O/c18-14-8-11(6-7-15(14)19)9-20-17(23)13-10-21-22-16(13)12-4-2-1-3-5-12/h1-8,10H,9H2,(H,20,23)(H,21,22). The normalized spacial score (nSPS) is 10.5. The number of nitrogens with zero attached hydrogens (tertiary/aromatic N) is 1. The largest absolute Gasteiger partial charge is 0.348 e. The average molecular weight is 330 g/mol. The third-order valence-corrected chi connectivity index (χ3v) is 3.67. The van der Waals surface area contributed by atoms with Gasteiger partial charge < -0.3 is 5.32 Å². The second-order valence-corrected chi connectivity index (χ2v) is 5.36. The van der Waals surface area contributed by atoms with Crippen molar-refractivity contribution in [1.82, 2.24) is 15.5 Å². The molecule has 0 bridgehead atoms. The number of benzene rings is 2. The maximum Gasteiger partial charge on any atom is 0.255 e. The molecule has 116 valence electrons. The van der Waals surface area contributed by atoms with Crippen molar-refractivity contribution in [2.24, 2.45) is 0 Å². The Bertz CT molecular complexity index is 833. The lowest BCUT2D eigenvalue weighted by Gasteiger charge is -2.07. The fourth-order valence-electron chi connectivity index (χ4n) is 2.21. The van der Waals surface area contributed by atoms with Gasteiger partial charge in [-0.05, 0) is 17.7 Å². The second kappa shape index (κ2) is 6.62. The Kier molecular flexibility index (Phi) is 4.39. The van der Waals surface area contributed by atoms with Crippen LogP contribution in [0.15, 0.2) is 54.7 Å². The number of aromatic amines is 1. The maximum absolute atomic E-state index is 13.1. The molecule has 0 spiro atoms. The lowest BCUT2D eigenvalue weighted by molar-refractivity contribution is 0.0951.